The summed E-state index contributed by atoms with van der Waals surface area (Å²) in [7, 11) is 4.21. The number of likely N-dealkylation sites (tertiary alicyclic amines) is 1. The summed E-state index contributed by atoms with van der Waals surface area (Å²) in [6.07, 6.45) is 2.06. The number of hydrogen-bond acceptors (Lipinski definition) is 8. The minimum Gasteiger partial charge on any atom is -0.481 e. The highest BCUT2D eigenvalue weighted by molar-refractivity contribution is 5.87. The molecule has 248 valence electrons. The van der Waals surface area contributed by atoms with Gasteiger partial charge < -0.3 is 33.7 Å². The molecule has 45 heavy (non-hydrogen) atoms. The Morgan fingerprint density at radius 3 is 2.31 bits per heavy atom. The van der Waals surface area contributed by atoms with Gasteiger partial charge in [-0.15, -0.1) is 0 Å². The number of benzene rings is 1. The second-order valence-electron chi connectivity index (χ2n) is 12.1. The molecule has 0 saturated carbocycles. The zero-order chi connectivity index (χ0) is 32.5. The topological polar surface area (TPSA) is 125 Å². The summed E-state index contributed by atoms with van der Waals surface area (Å²) in [5.41, 5.74) is 3.77. The fourth-order valence-corrected chi connectivity index (χ4v) is 6.46. The number of hydrogen-bond donors (Lipinski definition) is 1. The highest BCUT2D eigenvalue weighted by atomic mass is 16.5. The fraction of sp³-hybridized carbons (Fsp3) is 0.636. The maximum atomic E-state index is 13.4. The molecule has 1 saturated heterocycles. The molecule has 1 fully saturated rings. The van der Waals surface area contributed by atoms with Gasteiger partial charge in [0, 0.05) is 93.8 Å². The minimum absolute atomic E-state index is 0.0247. The Hall–Kier alpha value is -3.32. The van der Waals surface area contributed by atoms with Gasteiger partial charge >= 0.3 is 5.97 Å². The predicted molar refractivity (Wildman–Crippen MR) is 169 cm³/mol. The maximum Gasteiger partial charge on any atom is 0.305 e. The number of hydrazine groups is 1. The molecule has 1 atom stereocenters. The van der Waals surface area contributed by atoms with E-state index in [0.717, 1.165) is 6.54 Å². The number of nitrogens with zero attached hydrogens (tertiary/aromatic N) is 5. The number of carboxylic acid groups (broad SMARTS) is 1. The molecule has 0 radical (unpaired) electrons. The van der Waals surface area contributed by atoms with Crippen molar-refractivity contribution in [2.75, 3.05) is 60.2 Å². The minimum atomic E-state index is -0.910. The van der Waals surface area contributed by atoms with Crippen LogP contribution in [0.2, 0.25) is 0 Å². The normalized spacial score (nSPS) is 17.9. The number of piperidine rings is 1. The molecule has 1 unspecified atom stereocenters. The number of aromatic nitrogens is 1. The van der Waals surface area contributed by atoms with Crippen LogP contribution in [0.5, 0.6) is 0 Å². The van der Waals surface area contributed by atoms with Gasteiger partial charge in [-0.25, -0.2) is 10.0 Å². The van der Waals surface area contributed by atoms with E-state index in [2.05, 4.69) is 59.9 Å². The highest BCUT2D eigenvalue weighted by Crippen LogP contribution is 2.38. The summed E-state index contributed by atoms with van der Waals surface area (Å²) in [5, 5.41) is 14.4. The Bertz CT molecular complexity index is 1340. The molecule has 2 aromatic rings. The fourth-order valence-electron chi connectivity index (χ4n) is 6.46. The van der Waals surface area contributed by atoms with Crippen molar-refractivity contribution in [2.24, 2.45) is 0 Å². The largest absolute Gasteiger partial charge is 0.481 e. The molecular formula is C33H49N5O7. The summed E-state index contributed by atoms with van der Waals surface area (Å²) in [6, 6.07) is 8.66. The van der Waals surface area contributed by atoms with E-state index in [1.54, 1.807) is 0 Å². The van der Waals surface area contributed by atoms with Gasteiger partial charge in [0.2, 0.25) is 11.8 Å². The van der Waals surface area contributed by atoms with Gasteiger partial charge in [0.05, 0.1) is 39.4 Å². The SMILES string of the molecule is CC(=O)CCC(=O)N(CCOCCOCCC(=O)O)C1CCN(C(=O)CCn2c3c(c4ccccc42)C(C)N(C)N(C)C3)CC1. The first kappa shape index (κ1) is 34.6. The van der Waals surface area contributed by atoms with Crippen molar-refractivity contribution < 1.29 is 33.8 Å². The van der Waals surface area contributed by atoms with Gasteiger partial charge in [-0.1, -0.05) is 18.2 Å². The highest BCUT2D eigenvalue weighted by Gasteiger charge is 2.32. The van der Waals surface area contributed by atoms with E-state index < -0.39 is 5.97 Å². The number of rotatable bonds is 16. The number of para-hydroxylation sites is 1. The molecule has 2 aliphatic heterocycles. The van der Waals surface area contributed by atoms with Crippen LogP contribution in [0.4, 0.5) is 0 Å². The molecule has 4 rings (SSSR count). The van der Waals surface area contributed by atoms with E-state index in [0.29, 0.717) is 58.7 Å². The summed E-state index contributed by atoms with van der Waals surface area (Å²) < 4.78 is 13.2. The zero-order valence-electron chi connectivity index (χ0n) is 27.2. The first-order valence-corrected chi connectivity index (χ1v) is 16.1. The Balaban J connectivity index is 1.31. The molecule has 1 aromatic heterocycles. The molecule has 1 N–H and O–H groups in total. The van der Waals surface area contributed by atoms with Crippen molar-refractivity contribution in [3.63, 3.8) is 0 Å². The molecule has 0 spiro atoms. The van der Waals surface area contributed by atoms with Gasteiger partial charge in [-0.2, -0.15) is 0 Å². The number of aliphatic carboxylic acids is 1. The number of amides is 2. The lowest BCUT2D eigenvalue weighted by atomic mass is 10.0. The summed E-state index contributed by atoms with van der Waals surface area (Å²) in [4.78, 5) is 52.4. The zero-order valence-corrected chi connectivity index (χ0v) is 27.2. The van der Waals surface area contributed by atoms with Gasteiger partial charge in [-0.3, -0.25) is 14.4 Å². The predicted octanol–water partition coefficient (Wildman–Crippen LogP) is 3.08. The lowest BCUT2D eigenvalue weighted by Crippen LogP contribution is -2.50. The Morgan fingerprint density at radius 1 is 0.933 bits per heavy atom. The number of Topliss-reactive ketones (excluding diaryl/α,β-unsaturated/α-hetero) is 1. The number of ether oxygens (including phenoxy) is 2. The maximum absolute atomic E-state index is 13.4. The Morgan fingerprint density at radius 2 is 1.62 bits per heavy atom. The number of carbonyl (C=O) groups excluding carboxylic acids is 3. The molecule has 12 nitrogen and oxygen atoms in total. The number of carbonyl (C=O) groups is 4. The van der Waals surface area contributed by atoms with Crippen LogP contribution in [-0.2, 0) is 41.7 Å². The number of fused-ring (bicyclic) bond motifs is 3. The van der Waals surface area contributed by atoms with Gasteiger partial charge in [-0.05, 0) is 32.8 Å². The average Bonchev–Trinajstić information content (AvgIpc) is 3.33. The summed E-state index contributed by atoms with van der Waals surface area (Å²) in [6.45, 7) is 7.67. The van der Waals surface area contributed by atoms with Crippen LogP contribution in [0.25, 0.3) is 10.9 Å². The van der Waals surface area contributed by atoms with Crippen molar-refractivity contribution in [3.8, 4) is 0 Å². The van der Waals surface area contributed by atoms with Crippen molar-refractivity contribution in [1.29, 1.82) is 0 Å². The van der Waals surface area contributed by atoms with E-state index in [1.807, 2.05) is 9.80 Å². The van der Waals surface area contributed by atoms with Crippen molar-refractivity contribution in [3.05, 3.63) is 35.5 Å². The first-order valence-electron chi connectivity index (χ1n) is 16.1. The smallest absolute Gasteiger partial charge is 0.305 e. The summed E-state index contributed by atoms with van der Waals surface area (Å²) >= 11 is 0. The standard InChI is InChI=1S/C33H49N5O7/c1-24(39)9-10-31(41)37(18-20-45-22-21-44-19-14-32(42)43)26-11-15-36(16-12-26)30(40)13-17-38-28-8-6-5-7-27(28)33-25(2)35(4)34(3)23-29(33)38/h5-8,25-26H,9-23H2,1-4H3,(H,42,43). The molecule has 2 amide bonds. The average molecular weight is 628 g/mol. The van der Waals surface area contributed by atoms with Crippen LogP contribution in [0, 0.1) is 0 Å². The quantitative estimate of drug-likeness (QED) is 0.280. The summed E-state index contributed by atoms with van der Waals surface area (Å²) in [5.74, 6) is -0.893. The van der Waals surface area contributed by atoms with E-state index in [4.69, 9.17) is 14.6 Å². The van der Waals surface area contributed by atoms with Gasteiger partial charge in [0.25, 0.3) is 0 Å². The third-order valence-electron chi connectivity index (χ3n) is 9.14. The molecule has 2 aliphatic rings. The third-order valence-corrected chi connectivity index (χ3v) is 9.14. The third kappa shape index (κ3) is 8.90. The van der Waals surface area contributed by atoms with Crippen LogP contribution in [0.3, 0.4) is 0 Å². The van der Waals surface area contributed by atoms with E-state index in [1.165, 1.54) is 29.1 Å². The van der Waals surface area contributed by atoms with E-state index >= 15 is 0 Å². The van der Waals surface area contributed by atoms with Crippen LogP contribution in [0.15, 0.2) is 24.3 Å². The molecule has 0 aliphatic carbocycles. The van der Waals surface area contributed by atoms with Crippen LogP contribution in [0.1, 0.15) is 69.7 Å². The number of ketones is 1. The first-order chi connectivity index (χ1) is 21.6. The van der Waals surface area contributed by atoms with E-state index in [-0.39, 0.29) is 62.2 Å². The molecule has 3 heterocycles. The Kier molecular flexibility index (Phi) is 12.5. The number of carboxylic acids is 1. The Labute approximate surface area is 265 Å². The van der Waals surface area contributed by atoms with Gasteiger partial charge in [0.1, 0.15) is 5.78 Å². The lowest BCUT2D eigenvalue weighted by molar-refractivity contribution is -0.139. The van der Waals surface area contributed by atoms with E-state index in [9.17, 15) is 19.2 Å². The van der Waals surface area contributed by atoms with Crippen molar-refractivity contribution in [2.45, 2.75) is 77.5 Å². The van der Waals surface area contributed by atoms with Crippen LogP contribution < -0.4 is 0 Å². The second kappa shape index (κ2) is 16.3. The molecular weight excluding hydrogens is 578 g/mol. The molecule has 12 heteroatoms. The van der Waals surface area contributed by atoms with Gasteiger partial charge in [0.15, 0.2) is 0 Å². The lowest BCUT2D eigenvalue weighted by Gasteiger charge is -2.39. The monoisotopic (exact) mass is 627 g/mol. The van der Waals surface area contributed by atoms with Crippen molar-refractivity contribution in [1.82, 2.24) is 24.4 Å². The van der Waals surface area contributed by atoms with Crippen LogP contribution >= 0.6 is 0 Å². The molecule has 1 aromatic carbocycles. The molecule has 0 bridgehead atoms. The number of aryl methyl sites for hydroxylation is 1. The second-order valence-corrected chi connectivity index (χ2v) is 12.1. The van der Waals surface area contributed by atoms with Crippen molar-refractivity contribution >= 4 is 34.5 Å². The van der Waals surface area contributed by atoms with Crippen LogP contribution in [-0.4, -0.2) is 119 Å².